The van der Waals surface area contributed by atoms with Gasteiger partial charge in [-0.2, -0.15) is 10.5 Å². The molecule has 300 valence electrons. The second-order valence-corrected chi connectivity index (χ2v) is 17.1. The van der Waals surface area contributed by atoms with Crippen molar-refractivity contribution in [2.24, 2.45) is 30.0 Å². The number of fused-ring (bicyclic) bond motifs is 5. The number of oxazole rings is 1. The molecule has 2 saturated carbocycles. The van der Waals surface area contributed by atoms with E-state index in [0.29, 0.717) is 35.8 Å². The molecule has 2 aliphatic carbocycles. The van der Waals surface area contributed by atoms with E-state index in [0.717, 1.165) is 77.4 Å². The van der Waals surface area contributed by atoms with E-state index in [1.165, 1.54) is 4.57 Å². The highest BCUT2D eigenvalue weighted by Gasteiger charge is 2.63. The van der Waals surface area contributed by atoms with Crippen LogP contribution < -0.4 is 32.8 Å². The average Bonchev–Trinajstić information content (AvgIpc) is 4.07. The molecule has 4 fully saturated rings. The molecule has 6 N–H and O–H groups in total. The summed E-state index contributed by atoms with van der Waals surface area (Å²) in [6, 6.07) is 32.6. The Morgan fingerprint density at radius 1 is 0.797 bits per heavy atom. The third-order valence-electron chi connectivity index (χ3n) is 13.7. The van der Waals surface area contributed by atoms with Crippen LogP contribution in [0.4, 0.5) is 0 Å². The van der Waals surface area contributed by atoms with Gasteiger partial charge in [-0.25, -0.2) is 4.79 Å². The number of amides is 2. The highest BCUT2D eigenvalue weighted by atomic mass is 16.4. The van der Waals surface area contributed by atoms with Gasteiger partial charge in [-0.3, -0.25) is 14.2 Å². The highest BCUT2D eigenvalue weighted by Crippen LogP contribution is 2.59. The van der Waals surface area contributed by atoms with Crippen molar-refractivity contribution in [3.63, 3.8) is 0 Å². The minimum Gasteiger partial charge on any atom is -0.408 e. The van der Waals surface area contributed by atoms with Gasteiger partial charge in [-0.1, -0.05) is 66.7 Å². The van der Waals surface area contributed by atoms with Crippen molar-refractivity contribution in [3.8, 4) is 34.4 Å². The predicted molar refractivity (Wildman–Crippen MR) is 223 cm³/mol. The first-order chi connectivity index (χ1) is 28.6. The number of aromatic nitrogens is 1. The zero-order valence-corrected chi connectivity index (χ0v) is 33.0. The molecule has 2 saturated heterocycles. The second-order valence-electron chi connectivity index (χ2n) is 17.1. The fourth-order valence-electron chi connectivity index (χ4n) is 10.7. The van der Waals surface area contributed by atoms with Crippen LogP contribution in [0.1, 0.15) is 55.2 Å². The molecule has 0 bridgehead atoms. The second kappa shape index (κ2) is 15.6. The molecule has 1 spiro atoms. The third kappa shape index (κ3) is 7.33. The van der Waals surface area contributed by atoms with E-state index in [4.69, 9.17) is 15.4 Å². The van der Waals surface area contributed by atoms with Gasteiger partial charge in [0.1, 0.15) is 6.04 Å². The fourth-order valence-corrected chi connectivity index (χ4v) is 10.7. The molecule has 1 unspecified atom stereocenters. The number of aryl methyl sites for hydroxylation is 1. The summed E-state index contributed by atoms with van der Waals surface area (Å²) in [5, 5.41) is 32.7. The van der Waals surface area contributed by atoms with Crippen LogP contribution in [-0.2, 0) is 29.5 Å². The quantitative estimate of drug-likeness (QED) is 0.124. The number of benzene rings is 4. The zero-order valence-electron chi connectivity index (χ0n) is 33.0. The average molecular weight is 789 g/mol. The lowest BCUT2D eigenvalue weighted by atomic mass is 9.76. The van der Waals surface area contributed by atoms with Crippen molar-refractivity contribution in [3.05, 3.63) is 118 Å². The van der Waals surface area contributed by atoms with E-state index in [2.05, 4.69) is 33.4 Å². The van der Waals surface area contributed by atoms with Gasteiger partial charge in [0.2, 0.25) is 11.8 Å². The molecule has 4 aliphatic rings. The number of carbonyl (C=O) groups excluding carboxylic acids is 2. The normalized spacial score (nSPS) is 26.5. The fraction of sp³-hybridized carbons (Fsp3) is 0.383. The summed E-state index contributed by atoms with van der Waals surface area (Å²) >= 11 is 0. The van der Waals surface area contributed by atoms with Crippen LogP contribution in [0.25, 0.3) is 33.4 Å². The van der Waals surface area contributed by atoms with E-state index in [-0.39, 0.29) is 41.4 Å². The van der Waals surface area contributed by atoms with Gasteiger partial charge in [0.15, 0.2) is 5.58 Å². The van der Waals surface area contributed by atoms with Crippen LogP contribution in [0.2, 0.25) is 0 Å². The Morgan fingerprint density at radius 2 is 1.32 bits per heavy atom. The predicted octanol–water partition coefficient (Wildman–Crippen LogP) is 4.80. The summed E-state index contributed by atoms with van der Waals surface area (Å²) in [5.74, 6) is 0.152. The van der Waals surface area contributed by atoms with Crippen molar-refractivity contribution in [2.45, 2.75) is 87.7 Å². The van der Waals surface area contributed by atoms with Crippen molar-refractivity contribution >= 4 is 22.9 Å². The largest absolute Gasteiger partial charge is 0.419 e. The van der Waals surface area contributed by atoms with Gasteiger partial charge in [0, 0.05) is 37.4 Å². The number of rotatable bonds is 10. The number of nitriles is 2. The number of hydrogen-bond acceptors (Lipinski definition) is 9. The topological polar surface area (TPSA) is 191 Å². The van der Waals surface area contributed by atoms with Gasteiger partial charge in [-0.05, 0) is 108 Å². The van der Waals surface area contributed by atoms with E-state index in [1.54, 1.807) is 13.1 Å². The summed E-state index contributed by atoms with van der Waals surface area (Å²) in [4.78, 5) is 39.2. The Balaban J connectivity index is 0.772. The number of nitrogens with two attached hydrogens (primary N) is 1. The van der Waals surface area contributed by atoms with Crippen LogP contribution in [0, 0.1) is 39.9 Å². The molecular formula is C47H48N8O4. The molecule has 59 heavy (non-hydrogen) atoms. The molecule has 1 aromatic heterocycles. The minimum absolute atomic E-state index is 0.0225. The van der Waals surface area contributed by atoms with Crippen LogP contribution >= 0.6 is 0 Å². The Bertz CT molecular complexity index is 2530. The lowest BCUT2D eigenvalue weighted by Crippen LogP contribution is -2.56. The zero-order chi connectivity index (χ0) is 40.8. The Kier molecular flexibility index (Phi) is 10.2. The molecule has 5 aromatic rings. The Labute approximate surface area is 342 Å². The first-order valence-corrected chi connectivity index (χ1v) is 20.7. The lowest BCUT2D eigenvalue weighted by molar-refractivity contribution is -0.124. The van der Waals surface area contributed by atoms with Gasteiger partial charge in [0.25, 0.3) is 0 Å². The van der Waals surface area contributed by atoms with Gasteiger partial charge in [-0.15, -0.1) is 0 Å². The SMILES string of the molecule is Cn1c(=O)oc2ccc(-c3ccc(C[C@@H](C#N)NC(=O)[C@@H]4C[C@@H]5CCC6(CC[C@H]7C[C@@H](C(=O)N[C@H](N)Cc8ccc(-c9ccc(C#N)cc9)cc8)N[C@H]76)[C@@H]5N4)cc3)cc21. The molecule has 2 amide bonds. The number of carbonyl (C=O) groups is 2. The molecule has 3 heterocycles. The van der Waals surface area contributed by atoms with E-state index < -0.39 is 18.0 Å². The Morgan fingerprint density at radius 3 is 1.90 bits per heavy atom. The molecule has 4 aromatic carbocycles. The molecular weight excluding hydrogens is 741 g/mol. The first kappa shape index (κ1) is 38.5. The molecule has 0 radical (unpaired) electrons. The van der Waals surface area contributed by atoms with Crippen LogP contribution in [0.5, 0.6) is 0 Å². The standard InChI is InChI=1S/C47H48N8O4/c1-55-39-24-33(14-15-40(39)59-46(55)58)32-10-2-27(3-11-32)20-36(26-49)51-44(56)37-22-34-16-18-47(42(34)52-37)19-17-35-23-38(53-43(35)47)45(57)54-41(50)21-28-4-8-30(9-5-28)31-12-6-29(25-48)7-13-31/h2-15,24,34-38,41-43,52-53H,16-23,50H2,1H3,(H,51,56)(H,54,57)/t34-,35-,36-,37-,38-,41-,42+,43+,47?/m0/s1. The maximum absolute atomic E-state index is 13.7. The van der Waals surface area contributed by atoms with Crippen molar-refractivity contribution < 1.29 is 14.0 Å². The number of hydrogen-bond donors (Lipinski definition) is 5. The molecule has 9 rings (SSSR count). The van der Waals surface area contributed by atoms with Gasteiger partial charge >= 0.3 is 5.76 Å². The van der Waals surface area contributed by atoms with E-state index in [1.807, 2.05) is 84.9 Å². The smallest absolute Gasteiger partial charge is 0.408 e. The van der Waals surface area contributed by atoms with Crippen LogP contribution in [0.15, 0.2) is 100 Å². The summed E-state index contributed by atoms with van der Waals surface area (Å²) in [7, 11) is 1.68. The lowest BCUT2D eigenvalue weighted by Gasteiger charge is -2.38. The monoisotopic (exact) mass is 788 g/mol. The number of nitrogens with one attached hydrogen (secondary N) is 4. The van der Waals surface area contributed by atoms with Crippen molar-refractivity contribution in [1.82, 2.24) is 25.8 Å². The maximum Gasteiger partial charge on any atom is 0.419 e. The van der Waals surface area contributed by atoms with Crippen LogP contribution in [0.3, 0.4) is 0 Å². The molecule has 12 heteroatoms. The molecule has 9 atom stereocenters. The third-order valence-corrected chi connectivity index (χ3v) is 13.7. The van der Waals surface area contributed by atoms with Crippen molar-refractivity contribution in [2.75, 3.05) is 0 Å². The van der Waals surface area contributed by atoms with E-state index in [9.17, 15) is 19.6 Å². The van der Waals surface area contributed by atoms with Crippen molar-refractivity contribution in [1.29, 1.82) is 10.5 Å². The summed E-state index contributed by atoms with van der Waals surface area (Å²) in [6.45, 7) is 0. The van der Waals surface area contributed by atoms with Gasteiger partial charge in [0.05, 0.1) is 41.5 Å². The Hall–Kier alpha value is -6.05. The highest BCUT2D eigenvalue weighted by molar-refractivity contribution is 5.84. The number of nitrogens with zero attached hydrogens (tertiary/aromatic N) is 3. The van der Waals surface area contributed by atoms with Gasteiger partial charge < -0.3 is 31.4 Å². The van der Waals surface area contributed by atoms with E-state index >= 15 is 0 Å². The summed E-state index contributed by atoms with van der Waals surface area (Å²) in [5.41, 5.74) is 14.3. The van der Waals surface area contributed by atoms with Crippen LogP contribution in [-0.4, -0.2) is 52.8 Å². The minimum atomic E-state index is -0.673. The maximum atomic E-state index is 13.7. The molecule has 12 nitrogen and oxygen atoms in total. The summed E-state index contributed by atoms with van der Waals surface area (Å²) < 4.78 is 6.74. The molecule has 2 aliphatic heterocycles. The summed E-state index contributed by atoms with van der Waals surface area (Å²) in [6.07, 6.45) is 6.10. The first-order valence-electron chi connectivity index (χ1n) is 20.7.